The number of amides is 1. The fourth-order valence-corrected chi connectivity index (χ4v) is 5.63. The van der Waals surface area contributed by atoms with Crippen LogP contribution in [0, 0.1) is 0 Å². The van der Waals surface area contributed by atoms with Crippen molar-refractivity contribution in [2.75, 3.05) is 92.1 Å². The van der Waals surface area contributed by atoms with Gasteiger partial charge in [0.1, 0.15) is 17.3 Å². The molecule has 5 rings (SSSR count). The van der Waals surface area contributed by atoms with Crippen molar-refractivity contribution in [3.8, 4) is 40.2 Å². The molecule has 1 N–H and O–H groups in total. The number of halogens is 1. The molecule has 1 aliphatic heterocycles. The predicted octanol–water partition coefficient (Wildman–Crippen LogP) is 6.27. The van der Waals surface area contributed by atoms with Crippen molar-refractivity contribution in [1.29, 1.82) is 0 Å². The second kappa shape index (κ2) is 17.7. The van der Waals surface area contributed by atoms with Gasteiger partial charge in [0.05, 0.1) is 47.8 Å². The number of carbonyl (C=O) groups excluding carboxylic acids is 1. The lowest BCUT2D eigenvalue weighted by molar-refractivity contribution is 0.145. The van der Waals surface area contributed by atoms with E-state index in [1.165, 1.54) is 32.4 Å². The van der Waals surface area contributed by atoms with Crippen LogP contribution in [0.2, 0.25) is 5.02 Å². The lowest BCUT2D eigenvalue weighted by Crippen LogP contribution is -2.44. The molecule has 1 amide bonds. The summed E-state index contributed by atoms with van der Waals surface area (Å²) in [5.41, 5.74) is 0.903. The highest BCUT2D eigenvalue weighted by atomic mass is 35.5. The minimum absolute atomic E-state index is 0.151. The van der Waals surface area contributed by atoms with E-state index in [0.717, 1.165) is 39.1 Å². The number of ether oxygens (including phenoxy) is 7. The van der Waals surface area contributed by atoms with E-state index in [1.807, 2.05) is 0 Å². The molecule has 1 saturated heterocycles. The van der Waals surface area contributed by atoms with Crippen molar-refractivity contribution in [2.45, 2.75) is 6.42 Å². The van der Waals surface area contributed by atoms with Crippen molar-refractivity contribution in [1.82, 2.24) is 19.8 Å². The molecular weight excluding hydrogens is 680 g/mol. The molecule has 0 saturated carbocycles. The van der Waals surface area contributed by atoms with Crippen LogP contribution in [0.3, 0.4) is 0 Å². The van der Waals surface area contributed by atoms with Gasteiger partial charge in [-0.05, 0) is 37.7 Å². The summed E-state index contributed by atoms with van der Waals surface area (Å²) in [5.74, 6) is 3.06. The Labute approximate surface area is 302 Å². The van der Waals surface area contributed by atoms with Gasteiger partial charge in [-0.1, -0.05) is 11.6 Å². The number of rotatable bonds is 15. The molecule has 0 aliphatic carbocycles. The summed E-state index contributed by atoms with van der Waals surface area (Å²) in [5, 5.41) is 3.63. The van der Waals surface area contributed by atoms with E-state index in [9.17, 15) is 4.79 Å². The summed E-state index contributed by atoms with van der Waals surface area (Å²) in [7, 11) is 9.74. The third-order valence-corrected chi connectivity index (χ3v) is 8.41. The van der Waals surface area contributed by atoms with E-state index < -0.39 is 6.09 Å². The molecule has 3 aromatic carbocycles. The van der Waals surface area contributed by atoms with Gasteiger partial charge in [0.15, 0.2) is 23.0 Å². The summed E-state index contributed by atoms with van der Waals surface area (Å²) < 4.78 is 39.7. The van der Waals surface area contributed by atoms with Crippen LogP contribution in [0.4, 0.5) is 27.9 Å². The number of anilines is 4. The SMILES string of the molecule is COc1ccc(N(C(=O)Oc2ccc(Cl)cc2OC)c2ccnc(Nc3cc(OC)c(OC)c(OCCCN4CCN(C)CC4)c3)n2)c(OC)c1. The van der Waals surface area contributed by atoms with Crippen molar-refractivity contribution < 1.29 is 38.0 Å². The lowest BCUT2D eigenvalue weighted by atomic mass is 10.2. The molecule has 0 radical (unpaired) electrons. The number of methoxy groups -OCH3 is 5. The maximum Gasteiger partial charge on any atom is 0.425 e. The minimum atomic E-state index is -0.804. The topological polar surface area (TPSA) is 129 Å². The van der Waals surface area contributed by atoms with E-state index in [0.29, 0.717) is 51.8 Å². The summed E-state index contributed by atoms with van der Waals surface area (Å²) in [4.78, 5) is 29.1. The highest BCUT2D eigenvalue weighted by molar-refractivity contribution is 6.30. The third kappa shape index (κ3) is 9.34. The van der Waals surface area contributed by atoms with Gasteiger partial charge in [0.2, 0.25) is 11.7 Å². The number of hydrogen-bond donors (Lipinski definition) is 1. The van der Waals surface area contributed by atoms with Crippen molar-refractivity contribution in [3.05, 3.63) is 65.8 Å². The first-order valence-corrected chi connectivity index (χ1v) is 16.6. The Hall–Kier alpha value is -5.18. The van der Waals surface area contributed by atoms with Gasteiger partial charge >= 0.3 is 6.09 Å². The Morgan fingerprint density at radius 1 is 0.824 bits per heavy atom. The van der Waals surface area contributed by atoms with Gasteiger partial charge in [-0.25, -0.2) is 14.7 Å². The second-order valence-corrected chi connectivity index (χ2v) is 11.9. The largest absolute Gasteiger partial charge is 0.497 e. The first-order valence-electron chi connectivity index (χ1n) is 16.2. The molecule has 0 bridgehead atoms. The molecule has 4 aromatic rings. The number of carbonyl (C=O) groups is 1. The molecule has 0 spiro atoms. The van der Waals surface area contributed by atoms with Gasteiger partial charge in [0, 0.05) is 80.0 Å². The molecule has 2 heterocycles. The van der Waals surface area contributed by atoms with E-state index in [1.54, 1.807) is 68.8 Å². The number of likely N-dealkylation sites (N-methyl/N-ethyl adjacent to an activating group) is 1. The first kappa shape index (κ1) is 37.1. The molecule has 1 aromatic heterocycles. The summed E-state index contributed by atoms with van der Waals surface area (Å²) in [6, 6.07) is 14.8. The van der Waals surface area contributed by atoms with E-state index in [-0.39, 0.29) is 23.3 Å². The quantitative estimate of drug-likeness (QED) is 0.139. The van der Waals surface area contributed by atoms with Crippen LogP contribution >= 0.6 is 11.6 Å². The van der Waals surface area contributed by atoms with E-state index in [4.69, 9.17) is 44.8 Å². The van der Waals surface area contributed by atoms with Gasteiger partial charge in [-0.2, -0.15) is 4.98 Å². The van der Waals surface area contributed by atoms with Crippen LogP contribution in [-0.4, -0.2) is 108 Å². The number of piperazine rings is 1. The zero-order chi connectivity index (χ0) is 36.3. The highest BCUT2D eigenvalue weighted by Gasteiger charge is 2.27. The monoisotopic (exact) mass is 722 g/mol. The smallest absolute Gasteiger partial charge is 0.425 e. The van der Waals surface area contributed by atoms with Gasteiger partial charge < -0.3 is 48.3 Å². The molecule has 15 heteroatoms. The van der Waals surface area contributed by atoms with E-state index in [2.05, 4.69) is 32.1 Å². The standard InChI is InChI=1S/C36H43ClN6O8/c1-41-15-17-42(18-16-41)14-7-19-50-32-22-25(21-31(48-5)34(32)49-6)39-35-38-13-12-33(40-35)43(27-10-9-26(45-2)23-29(27)46-3)36(44)51-28-11-8-24(37)20-30(28)47-4/h8-13,20-23H,7,14-19H2,1-6H3,(H,38,39,40). The normalized spacial score (nSPS) is 13.2. The number of nitrogens with zero attached hydrogens (tertiary/aromatic N) is 5. The van der Waals surface area contributed by atoms with Crippen molar-refractivity contribution in [3.63, 3.8) is 0 Å². The van der Waals surface area contributed by atoms with Gasteiger partial charge in [-0.3, -0.25) is 0 Å². The third-order valence-electron chi connectivity index (χ3n) is 8.18. The summed E-state index contributed by atoms with van der Waals surface area (Å²) in [6.07, 6.45) is 1.56. The Kier molecular flexibility index (Phi) is 12.8. The Morgan fingerprint density at radius 3 is 2.27 bits per heavy atom. The zero-order valence-electron chi connectivity index (χ0n) is 29.6. The first-order chi connectivity index (χ1) is 24.8. The summed E-state index contributed by atoms with van der Waals surface area (Å²) in [6.45, 7) is 5.64. The fraction of sp³-hybridized carbons (Fsp3) is 0.361. The average molecular weight is 723 g/mol. The maximum absolute atomic E-state index is 14.0. The molecule has 14 nitrogen and oxygen atoms in total. The molecule has 1 aliphatic rings. The number of benzene rings is 3. The van der Waals surface area contributed by atoms with Crippen LogP contribution in [0.1, 0.15) is 6.42 Å². The molecule has 51 heavy (non-hydrogen) atoms. The average Bonchev–Trinajstić information content (AvgIpc) is 3.14. The number of hydrogen-bond acceptors (Lipinski definition) is 13. The van der Waals surface area contributed by atoms with Crippen LogP contribution in [0.25, 0.3) is 0 Å². The molecular formula is C36H43ClN6O8. The number of aromatic nitrogens is 2. The number of nitrogens with one attached hydrogen (secondary N) is 1. The van der Waals surface area contributed by atoms with Crippen LogP contribution in [-0.2, 0) is 0 Å². The van der Waals surface area contributed by atoms with Crippen LogP contribution in [0.15, 0.2) is 60.8 Å². The molecule has 1 fully saturated rings. The van der Waals surface area contributed by atoms with Crippen LogP contribution in [0.5, 0.6) is 40.2 Å². The molecule has 0 unspecified atom stereocenters. The van der Waals surface area contributed by atoms with Gasteiger partial charge in [-0.15, -0.1) is 0 Å². The van der Waals surface area contributed by atoms with Crippen LogP contribution < -0.4 is 43.4 Å². The maximum atomic E-state index is 14.0. The second-order valence-electron chi connectivity index (χ2n) is 11.5. The minimum Gasteiger partial charge on any atom is -0.497 e. The molecule has 272 valence electrons. The van der Waals surface area contributed by atoms with E-state index >= 15 is 0 Å². The Bertz CT molecular complexity index is 1790. The predicted molar refractivity (Wildman–Crippen MR) is 195 cm³/mol. The van der Waals surface area contributed by atoms with Gasteiger partial charge in [0.25, 0.3) is 0 Å². The van der Waals surface area contributed by atoms with Crippen molar-refractivity contribution >= 4 is 40.8 Å². The highest BCUT2D eigenvalue weighted by Crippen LogP contribution is 2.42. The summed E-state index contributed by atoms with van der Waals surface area (Å²) >= 11 is 6.14. The Balaban J connectivity index is 1.42. The Morgan fingerprint density at radius 2 is 1.57 bits per heavy atom. The molecule has 0 atom stereocenters. The fourth-order valence-electron chi connectivity index (χ4n) is 5.46. The van der Waals surface area contributed by atoms with Crippen molar-refractivity contribution in [2.24, 2.45) is 0 Å². The lowest BCUT2D eigenvalue weighted by Gasteiger charge is -2.32. The zero-order valence-corrected chi connectivity index (χ0v) is 30.4.